The lowest BCUT2D eigenvalue weighted by molar-refractivity contribution is -0.384. The van der Waals surface area contributed by atoms with Crippen LogP contribution in [-0.4, -0.2) is 15.1 Å². The van der Waals surface area contributed by atoms with E-state index in [2.05, 4.69) is 10.2 Å². The molecule has 2 aromatic rings. The zero-order chi connectivity index (χ0) is 11.5. The third-order valence-electron chi connectivity index (χ3n) is 1.91. The lowest BCUT2D eigenvalue weighted by atomic mass is 10.3. The van der Waals surface area contributed by atoms with Gasteiger partial charge in [-0.25, -0.2) is 0 Å². The highest BCUT2D eigenvalue weighted by Crippen LogP contribution is 2.31. The molecule has 0 amide bonds. The smallest absolute Gasteiger partial charge is 0.269 e. The van der Waals surface area contributed by atoms with Gasteiger partial charge in [0.2, 0.25) is 0 Å². The summed E-state index contributed by atoms with van der Waals surface area (Å²) < 4.78 is 0. The SMILES string of the molecule is Nc1[nH]ncc1Sc1ccc([N+](=O)[O-])cc1. The van der Waals surface area contributed by atoms with Crippen LogP contribution in [-0.2, 0) is 0 Å². The standard InChI is InChI=1S/C9H8N4O2S/c10-9-8(5-11-12-9)16-7-3-1-6(2-4-7)13(14)15/h1-5H,(H3,10,11,12). The van der Waals surface area contributed by atoms with Crippen LogP contribution in [0.4, 0.5) is 11.5 Å². The predicted molar refractivity (Wildman–Crippen MR) is 60.2 cm³/mol. The summed E-state index contributed by atoms with van der Waals surface area (Å²) in [5.74, 6) is 0.489. The molecule has 16 heavy (non-hydrogen) atoms. The number of hydrogen-bond donors (Lipinski definition) is 2. The minimum Gasteiger partial charge on any atom is -0.383 e. The Morgan fingerprint density at radius 3 is 2.56 bits per heavy atom. The molecule has 0 bridgehead atoms. The van der Waals surface area contributed by atoms with E-state index in [9.17, 15) is 10.1 Å². The number of nitrogens with zero attached hydrogens (tertiary/aromatic N) is 2. The lowest BCUT2D eigenvalue weighted by Gasteiger charge is -1.98. The van der Waals surface area contributed by atoms with Crippen molar-refractivity contribution in [3.05, 3.63) is 40.6 Å². The number of nitrogens with one attached hydrogen (secondary N) is 1. The van der Waals surface area contributed by atoms with Crippen molar-refractivity contribution in [2.24, 2.45) is 0 Å². The van der Waals surface area contributed by atoms with Crippen molar-refractivity contribution < 1.29 is 4.92 Å². The molecule has 0 atom stereocenters. The largest absolute Gasteiger partial charge is 0.383 e. The van der Waals surface area contributed by atoms with Gasteiger partial charge in [0.15, 0.2) is 0 Å². The Hall–Kier alpha value is -2.02. The van der Waals surface area contributed by atoms with E-state index in [1.54, 1.807) is 18.3 Å². The highest BCUT2D eigenvalue weighted by atomic mass is 32.2. The fourth-order valence-electron chi connectivity index (χ4n) is 1.13. The van der Waals surface area contributed by atoms with Crippen LogP contribution < -0.4 is 5.73 Å². The molecule has 0 unspecified atom stereocenters. The number of rotatable bonds is 3. The molecule has 0 saturated heterocycles. The molecular formula is C9H8N4O2S. The summed E-state index contributed by atoms with van der Waals surface area (Å²) >= 11 is 1.40. The number of anilines is 1. The van der Waals surface area contributed by atoms with E-state index < -0.39 is 4.92 Å². The molecule has 0 fully saturated rings. The molecule has 1 aromatic heterocycles. The normalized spacial score (nSPS) is 10.2. The number of nitro benzene ring substituents is 1. The second-order valence-electron chi connectivity index (χ2n) is 3.00. The minimum atomic E-state index is -0.430. The summed E-state index contributed by atoms with van der Waals surface area (Å²) in [4.78, 5) is 11.7. The number of aromatic nitrogens is 2. The van der Waals surface area contributed by atoms with Gasteiger partial charge >= 0.3 is 0 Å². The Morgan fingerprint density at radius 1 is 1.38 bits per heavy atom. The first-order chi connectivity index (χ1) is 7.66. The topological polar surface area (TPSA) is 97.8 Å². The van der Waals surface area contributed by atoms with Gasteiger partial charge in [0.1, 0.15) is 5.82 Å². The lowest BCUT2D eigenvalue weighted by Crippen LogP contribution is -1.87. The molecule has 0 saturated carbocycles. The van der Waals surface area contributed by atoms with E-state index in [0.717, 1.165) is 9.79 Å². The van der Waals surface area contributed by atoms with Crippen LogP contribution in [0.1, 0.15) is 0 Å². The molecule has 0 aliphatic heterocycles. The zero-order valence-corrected chi connectivity index (χ0v) is 8.90. The van der Waals surface area contributed by atoms with Gasteiger partial charge in [-0.05, 0) is 12.1 Å². The Morgan fingerprint density at radius 2 is 2.06 bits per heavy atom. The third kappa shape index (κ3) is 2.14. The molecule has 3 N–H and O–H groups in total. The molecule has 0 aliphatic carbocycles. The molecule has 82 valence electrons. The molecule has 0 spiro atoms. The van der Waals surface area contributed by atoms with Crippen molar-refractivity contribution in [3.63, 3.8) is 0 Å². The molecule has 0 radical (unpaired) electrons. The maximum absolute atomic E-state index is 10.4. The summed E-state index contributed by atoms with van der Waals surface area (Å²) in [5, 5.41) is 16.8. The van der Waals surface area contributed by atoms with Crippen molar-refractivity contribution in [2.45, 2.75) is 9.79 Å². The third-order valence-corrected chi connectivity index (χ3v) is 2.96. The number of hydrogen-bond acceptors (Lipinski definition) is 5. The van der Waals surface area contributed by atoms with Crippen LogP contribution in [0.15, 0.2) is 40.3 Å². The van der Waals surface area contributed by atoms with E-state index in [4.69, 9.17) is 5.73 Å². The monoisotopic (exact) mass is 236 g/mol. The van der Waals surface area contributed by atoms with Crippen LogP contribution >= 0.6 is 11.8 Å². The van der Waals surface area contributed by atoms with Gasteiger partial charge < -0.3 is 5.73 Å². The number of benzene rings is 1. The number of H-pyrrole nitrogens is 1. The van der Waals surface area contributed by atoms with Crippen LogP contribution in [0.3, 0.4) is 0 Å². The van der Waals surface area contributed by atoms with Gasteiger partial charge in [-0.1, -0.05) is 11.8 Å². The molecule has 1 heterocycles. The summed E-state index contributed by atoms with van der Waals surface area (Å²) in [6, 6.07) is 6.27. The maximum atomic E-state index is 10.4. The first-order valence-corrected chi connectivity index (χ1v) is 5.19. The quantitative estimate of drug-likeness (QED) is 0.627. The number of aromatic amines is 1. The highest BCUT2D eigenvalue weighted by molar-refractivity contribution is 7.99. The van der Waals surface area contributed by atoms with Gasteiger partial charge in [-0.2, -0.15) is 5.10 Å². The zero-order valence-electron chi connectivity index (χ0n) is 8.08. The number of nitrogen functional groups attached to an aromatic ring is 1. The van der Waals surface area contributed by atoms with E-state index in [0.29, 0.717) is 5.82 Å². The average Bonchev–Trinajstić information content (AvgIpc) is 2.65. The second kappa shape index (κ2) is 4.23. The Balaban J connectivity index is 2.17. The first kappa shape index (κ1) is 10.5. The van der Waals surface area contributed by atoms with Crippen molar-refractivity contribution in [1.29, 1.82) is 0 Å². The Bertz CT molecular complexity index is 508. The maximum Gasteiger partial charge on any atom is 0.269 e. The molecule has 1 aromatic carbocycles. The molecular weight excluding hydrogens is 228 g/mol. The summed E-state index contributed by atoms with van der Waals surface area (Å²) in [6.45, 7) is 0. The highest BCUT2D eigenvalue weighted by Gasteiger charge is 2.07. The molecule has 0 aliphatic rings. The summed E-state index contributed by atoms with van der Waals surface area (Å²) in [7, 11) is 0. The van der Waals surface area contributed by atoms with Crippen LogP contribution in [0.5, 0.6) is 0 Å². The van der Waals surface area contributed by atoms with Gasteiger partial charge in [-0.3, -0.25) is 15.2 Å². The van der Waals surface area contributed by atoms with Crippen LogP contribution in [0.25, 0.3) is 0 Å². The average molecular weight is 236 g/mol. The summed E-state index contributed by atoms with van der Waals surface area (Å²) in [5.41, 5.74) is 5.69. The van der Waals surface area contributed by atoms with E-state index in [-0.39, 0.29) is 5.69 Å². The van der Waals surface area contributed by atoms with E-state index >= 15 is 0 Å². The first-order valence-electron chi connectivity index (χ1n) is 4.38. The molecule has 7 heteroatoms. The fraction of sp³-hybridized carbons (Fsp3) is 0. The summed E-state index contributed by atoms with van der Waals surface area (Å²) in [6.07, 6.45) is 1.61. The Labute approximate surface area is 95.0 Å². The van der Waals surface area contributed by atoms with Crippen LogP contribution in [0.2, 0.25) is 0 Å². The molecule has 2 rings (SSSR count). The minimum absolute atomic E-state index is 0.0736. The van der Waals surface area contributed by atoms with Crippen LogP contribution in [0, 0.1) is 10.1 Å². The number of nitro groups is 1. The van der Waals surface area contributed by atoms with Gasteiger partial charge in [0.05, 0.1) is 16.0 Å². The van der Waals surface area contributed by atoms with E-state index in [1.807, 2.05) is 0 Å². The van der Waals surface area contributed by atoms with Gasteiger partial charge in [0, 0.05) is 17.0 Å². The fourth-order valence-corrected chi connectivity index (χ4v) is 1.92. The molecule has 6 nitrogen and oxygen atoms in total. The van der Waals surface area contributed by atoms with Crippen molar-refractivity contribution in [1.82, 2.24) is 10.2 Å². The van der Waals surface area contributed by atoms with Crippen molar-refractivity contribution in [3.8, 4) is 0 Å². The second-order valence-corrected chi connectivity index (χ2v) is 4.12. The predicted octanol–water partition coefficient (Wildman–Crippen LogP) is 2.05. The van der Waals surface area contributed by atoms with E-state index in [1.165, 1.54) is 23.9 Å². The Kier molecular flexibility index (Phi) is 2.78. The van der Waals surface area contributed by atoms with Crippen molar-refractivity contribution >= 4 is 23.3 Å². The number of non-ortho nitro benzene ring substituents is 1. The van der Waals surface area contributed by atoms with Crippen molar-refractivity contribution in [2.75, 3.05) is 5.73 Å². The number of nitrogens with two attached hydrogens (primary N) is 1. The van der Waals surface area contributed by atoms with Gasteiger partial charge in [-0.15, -0.1) is 0 Å². The van der Waals surface area contributed by atoms with Gasteiger partial charge in [0.25, 0.3) is 5.69 Å².